The number of nitrogens with zero attached hydrogens (tertiary/aromatic N) is 1. The SMILES string of the molecule is CCCCCCCCC/C=C/CCCCCCCNC(=O)[C@@H]1CN=C(c2ccccc2)N1. The molecule has 2 rings (SSSR count). The maximum Gasteiger partial charge on any atom is 0.244 e. The molecule has 32 heavy (non-hydrogen) atoms. The number of benzene rings is 1. The molecule has 178 valence electrons. The molecule has 2 N–H and O–H groups in total. The minimum atomic E-state index is -0.238. The second kappa shape index (κ2) is 17.5. The van der Waals surface area contributed by atoms with Gasteiger partial charge in [-0.05, 0) is 32.1 Å². The number of aliphatic imine (C=N–C) groups is 1. The highest BCUT2D eigenvalue weighted by Gasteiger charge is 2.24. The summed E-state index contributed by atoms with van der Waals surface area (Å²) in [4.78, 5) is 16.8. The Kier molecular flexibility index (Phi) is 14.3. The Hall–Kier alpha value is -2.10. The fraction of sp³-hybridized carbons (Fsp3) is 0.643. The molecule has 0 saturated heterocycles. The predicted octanol–water partition coefficient (Wildman–Crippen LogP) is 6.56. The molecule has 1 aliphatic rings. The maximum atomic E-state index is 12.3. The average Bonchev–Trinajstić information content (AvgIpc) is 3.32. The van der Waals surface area contributed by atoms with E-state index in [0.29, 0.717) is 6.54 Å². The number of unbranched alkanes of at least 4 members (excludes halogenated alkanes) is 12. The van der Waals surface area contributed by atoms with Gasteiger partial charge >= 0.3 is 0 Å². The monoisotopic (exact) mass is 439 g/mol. The third kappa shape index (κ3) is 11.5. The molecule has 0 spiro atoms. The van der Waals surface area contributed by atoms with E-state index in [9.17, 15) is 4.79 Å². The van der Waals surface area contributed by atoms with Crippen LogP contribution >= 0.6 is 0 Å². The average molecular weight is 440 g/mol. The molecule has 1 atom stereocenters. The number of carbonyl (C=O) groups excluding carboxylic acids is 1. The van der Waals surface area contributed by atoms with Crippen molar-refractivity contribution >= 4 is 11.7 Å². The van der Waals surface area contributed by atoms with Crippen LogP contribution in [-0.2, 0) is 4.79 Å². The zero-order valence-electron chi connectivity index (χ0n) is 20.3. The fourth-order valence-corrected chi connectivity index (χ4v) is 4.07. The molecule has 1 aromatic carbocycles. The van der Waals surface area contributed by atoms with Crippen molar-refractivity contribution in [2.75, 3.05) is 13.1 Å². The highest BCUT2D eigenvalue weighted by molar-refractivity contribution is 6.03. The smallest absolute Gasteiger partial charge is 0.244 e. The number of amides is 1. The van der Waals surface area contributed by atoms with Gasteiger partial charge in [0.2, 0.25) is 5.91 Å². The third-order valence-electron chi connectivity index (χ3n) is 6.09. The van der Waals surface area contributed by atoms with Crippen LogP contribution < -0.4 is 10.6 Å². The summed E-state index contributed by atoms with van der Waals surface area (Å²) in [5.74, 6) is 0.882. The normalized spacial score (nSPS) is 15.7. The van der Waals surface area contributed by atoms with Gasteiger partial charge in [-0.25, -0.2) is 0 Å². The van der Waals surface area contributed by atoms with E-state index in [4.69, 9.17) is 0 Å². The molecular weight excluding hydrogens is 394 g/mol. The molecule has 0 radical (unpaired) electrons. The minimum absolute atomic E-state index is 0.0609. The van der Waals surface area contributed by atoms with Crippen LogP contribution in [-0.4, -0.2) is 30.9 Å². The van der Waals surface area contributed by atoms with Gasteiger partial charge in [0.05, 0.1) is 6.54 Å². The van der Waals surface area contributed by atoms with E-state index < -0.39 is 0 Å². The standard InChI is InChI=1S/C28H45N3O/c1-2-3-4-5-6-7-8-9-10-11-12-13-14-15-16-20-23-29-28(32)26-24-30-27(31-26)25-21-18-17-19-22-25/h10-11,17-19,21-22,26H,2-9,12-16,20,23-24H2,1H3,(H,29,32)(H,30,31)/b11-10+/t26-/m0/s1. The predicted molar refractivity (Wildman–Crippen MR) is 137 cm³/mol. The largest absolute Gasteiger partial charge is 0.357 e. The van der Waals surface area contributed by atoms with E-state index in [1.807, 2.05) is 30.3 Å². The molecule has 4 heteroatoms. The first-order chi connectivity index (χ1) is 15.8. The van der Waals surface area contributed by atoms with Crippen molar-refractivity contribution in [3.05, 3.63) is 48.0 Å². The maximum absolute atomic E-state index is 12.3. The molecule has 1 aromatic rings. The molecule has 0 bridgehead atoms. The van der Waals surface area contributed by atoms with Crippen LogP contribution in [0, 0.1) is 0 Å². The molecule has 0 aromatic heterocycles. The van der Waals surface area contributed by atoms with Crippen LogP contribution in [0.5, 0.6) is 0 Å². The van der Waals surface area contributed by atoms with Crippen LogP contribution in [0.2, 0.25) is 0 Å². The van der Waals surface area contributed by atoms with E-state index in [2.05, 4.69) is 34.7 Å². The van der Waals surface area contributed by atoms with Gasteiger partial charge in [-0.15, -0.1) is 0 Å². The van der Waals surface area contributed by atoms with Gasteiger partial charge in [-0.2, -0.15) is 0 Å². The number of amidine groups is 1. The van der Waals surface area contributed by atoms with Gasteiger partial charge < -0.3 is 10.6 Å². The van der Waals surface area contributed by atoms with E-state index in [-0.39, 0.29) is 11.9 Å². The molecular formula is C28H45N3O. The van der Waals surface area contributed by atoms with Crippen LogP contribution in [0.1, 0.15) is 102 Å². The van der Waals surface area contributed by atoms with Crippen molar-refractivity contribution in [3.63, 3.8) is 0 Å². The number of nitrogens with one attached hydrogen (secondary N) is 2. The van der Waals surface area contributed by atoms with Crippen LogP contribution in [0.3, 0.4) is 0 Å². The first-order valence-corrected chi connectivity index (χ1v) is 13.1. The van der Waals surface area contributed by atoms with Gasteiger partial charge in [-0.3, -0.25) is 9.79 Å². The van der Waals surface area contributed by atoms with Crippen LogP contribution in [0.25, 0.3) is 0 Å². The molecule has 1 heterocycles. The number of rotatable bonds is 18. The molecule has 0 fully saturated rings. The van der Waals surface area contributed by atoms with Crippen LogP contribution in [0.4, 0.5) is 0 Å². The summed E-state index contributed by atoms with van der Waals surface area (Å²) in [5.41, 5.74) is 1.04. The molecule has 4 nitrogen and oxygen atoms in total. The summed E-state index contributed by atoms with van der Waals surface area (Å²) in [6.07, 6.45) is 23.0. The van der Waals surface area contributed by atoms with Crippen molar-refractivity contribution in [2.24, 2.45) is 4.99 Å². The Morgan fingerprint density at radius 2 is 1.50 bits per heavy atom. The van der Waals surface area contributed by atoms with Gasteiger partial charge in [0.1, 0.15) is 11.9 Å². The van der Waals surface area contributed by atoms with Crippen molar-refractivity contribution in [1.29, 1.82) is 0 Å². The zero-order valence-corrected chi connectivity index (χ0v) is 20.3. The topological polar surface area (TPSA) is 53.5 Å². The van der Waals surface area contributed by atoms with E-state index in [1.165, 1.54) is 83.5 Å². The summed E-state index contributed by atoms with van der Waals surface area (Å²) in [6.45, 7) is 3.55. The first-order valence-electron chi connectivity index (χ1n) is 13.1. The zero-order chi connectivity index (χ0) is 22.7. The summed E-state index contributed by atoms with van der Waals surface area (Å²) < 4.78 is 0. The van der Waals surface area contributed by atoms with E-state index in [1.54, 1.807) is 0 Å². The number of carbonyl (C=O) groups is 1. The van der Waals surface area contributed by atoms with E-state index >= 15 is 0 Å². The quantitative estimate of drug-likeness (QED) is 0.201. The Morgan fingerprint density at radius 1 is 0.906 bits per heavy atom. The lowest BCUT2D eigenvalue weighted by molar-refractivity contribution is -0.122. The number of hydrogen-bond donors (Lipinski definition) is 2. The Labute approximate surface area is 196 Å². The first kappa shape index (κ1) is 26.2. The van der Waals surface area contributed by atoms with Crippen molar-refractivity contribution in [2.45, 2.75) is 103 Å². The van der Waals surface area contributed by atoms with Gasteiger partial charge in [0.15, 0.2) is 0 Å². The molecule has 1 amide bonds. The van der Waals surface area contributed by atoms with Crippen molar-refractivity contribution < 1.29 is 4.79 Å². The van der Waals surface area contributed by atoms with E-state index in [0.717, 1.165) is 24.4 Å². The summed E-state index contributed by atoms with van der Waals surface area (Å²) in [7, 11) is 0. The highest BCUT2D eigenvalue weighted by atomic mass is 16.2. The van der Waals surface area contributed by atoms with Crippen molar-refractivity contribution in [1.82, 2.24) is 10.6 Å². The lowest BCUT2D eigenvalue weighted by Crippen LogP contribution is -2.44. The Bertz CT molecular complexity index is 669. The lowest BCUT2D eigenvalue weighted by Gasteiger charge is -2.12. The number of allylic oxidation sites excluding steroid dienone is 2. The molecule has 1 aliphatic heterocycles. The van der Waals surface area contributed by atoms with Gasteiger partial charge in [-0.1, -0.05) is 107 Å². The third-order valence-corrected chi connectivity index (χ3v) is 6.09. The summed E-state index contributed by atoms with van der Waals surface area (Å²) in [6, 6.07) is 9.74. The van der Waals surface area contributed by atoms with Gasteiger partial charge in [0.25, 0.3) is 0 Å². The highest BCUT2D eigenvalue weighted by Crippen LogP contribution is 2.10. The minimum Gasteiger partial charge on any atom is -0.357 e. The second-order valence-corrected chi connectivity index (χ2v) is 8.98. The molecule has 0 aliphatic carbocycles. The van der Waals surface area contributed by atoms with Crippen molar-refractivity contribution in [3.8, 4) is 0 Å². The Morgan fingerprint density at radius 3 is 2.16 bits per heavy atom. The molecule has 0 unspecified atom stereocenters. The summed E-state index contributed by atoms with van der Waals surface area (Å²) in [5, 5.41) is 6.31. The lowest BCUT2D eigenvalue weighted by atomic mass is 10.1. The van der Waals surface area contributed by atoms with Crippen LogP contribution in [0.15, 0.2) is 47.5 Å². The van der Waals surface area contributed by atoms with Gasteiger partial charge in [0, 0.05) is 12.1 Å². The summed E-state index contributed by atoms with van der Waals surface area (Å²) >= 11 is 0. The molecule has 0 saturated carbocycles. The Balaban J connectivity index is 1.36. The fourth-order valence-electron chi connectivity index (χ4n) is 4.07. The second-order valence-electron chi connectivity index (χ2n) is 8.98. The number of hydrogen-bond acceptors (Lipinski definition) is 3.